The molecule has 2 unspecified atom stereocenters. The van der Waals surface area contributed by atoms with Crippen LogP contribution in [0.3, 0.4) is 0 Å². The van der Waals surface area contributed by atoms with Gasteiger partial charge in [0.1, 0.15) is 6.61 Å². The lowest BCUT2D eigenvalue weighted by Crippen LogP contribution is -2.51. The van der Waals surface area contributed by atoms with Crippen LogP contribution in [0.2, 0.25) is 0 Å². The number of carbonyl (C=O) groups is 1. The number of benzene rings is 1. The van der Waals surface area contributed by atoms with Gasteiger partial charge in [0.15, 0.2) is 0 Å². The van der Waals surface area contributed by atoms with E-state index in [9.17, 15) is 4.79 Å². The first-order valence-corrected chi connectivity index (χ1v) is 7.42. The number of hydrogen-bond acceptors (Lipinski definition) is 3. The van der Waals surface area contributed by atoms with E-state index < -0.39 is 0 Å². The first-order chi connectivity index (χ1) is 10.3. The molecule has 21 heavy (non-hydrogen) atoms. The van der Waals surface area contributed by atoms with E-state index in [-0.39, 0.29) is 24.7 Å². The van der Waals surface area contributed by atoms with E-state index in [2.05, 4.69) is 11.8 Å². The minimum Gasteiger partial charge on any atom is -0.384 e. The second-order valence-corrected chi connectivity index (χ2v) is 5.44. The van der Waals surface area contributed by atoms with Gasteiger partial charge in [-0.3, -0.25) is 4.79 Å². The van der Waals surface area contributed by atoms with Crippen molar-refractivity contribution in [2.75, 3.05) is 19.8 Å². The highest BCUT2D eigenvalue weighted by molar-refractivity contribution is 5.94. The van der Waals surface area contributed by atoms with Crippen molar-refractivity contribution >= 4 is 5.91 Å². The third kappa shape index (κ3) is 2.94. The molecule has 4 heteroatoms. The molecule has 1 aliphatic carbocycles. The molecule has 0 spiro atoms. The Kier molecular flexibility index (Phi) is 4.23. The van der Waals surface area contributed by atoms with Crippen LogP contribution in [-0.2, 0) is 4.74 Å². The molecule has 4 nitrogen and oxygen atoms in total. The summed E-state index contributed by atoms with van der Waals surface area (Å²) in [4.78, 5) is 14.6. The molecule has 1 N–H and O–H groups in total. The molecule has 0 bridgehead atoms. The zero-order valence-electron chi connectivity index (χ0n) is 11.9. The van der Waals surface area contributed by atoms with Crippen LogP contribution in [0.25, 0.3) is 0 Å². The van der Waals surface area contributed by atoms with Gasteiger partial charge in [-0.25, -0.2) is 0 Å². The first-order valence-electron chi connectivity index (χ1n) is 7.42. The Morgan fingerprint density at radius 3 is 2.90 bits per heavy atom. The van der Waals surface area contributed by atoms with Gasteiger partial charge in [-0.15, -0.1) is 0 Å². The van der Waals surface area contributed by atoms with Gasteiger partial charge in [0.05, 0.1) is 18.8 Å². The van der Waals surface area contributed by atoms with Crippen molar-refractivity contribution in [2.45, 2.75) is 31.4 Å². The van der Waals surface area contributed by atoms with Crippen LogP contribution < -0.4 is 0 Å². The summed E-state index contributed by atoms with van der Waals surface area (Å²) in [5.41, 5.74) is 1.50. The summed E-state index contributed by atoms with van der Waals surface area (Å²) in [5.74, 6) is 5.51. The number of morpholine rings is 1. The molecule has 1 amide bonds. The maximum absolute atomic E-state index is 12.7. The lowest BCUT2D eigenvalue weighted by molar-refractivity contribution is -0.0445. The average molecular weight is 285 g/mol. The van der Waals surface area contributed by atoms with E-state index >= 15 is 0 Å². The van der Waals surface area contributed by atoms with Gasteiger partial charge in [0.25, 0.3) is 5.91 Å². The van der Waals surface area contributed by atoms with Crippen LogP contribution in [0, 0.1) is 11.8 Å². The molecular formula is C17H19NO3. The summed E-state index contributed by atoms with van der Waals surface area (Å²) in [6.07, 6.45) is 3.45. The predicted molar refractivity (Wildman–Crippen MR) is 78.8 cm³/mol. The highest BCUT2D eigenvalue weighted by Gasteiger charge is 2.38. The average Bonchev–Trinajstić information content (AvgIpc) is 3.01. The van der Waals surface area contributed by atoms with E-state index in [0.29, 0.717) is 18.7 Å². The van der Waals surface area contributed by atoms with E-state index in [4.69, 9.17) is 9.84 Å². The largest absolute Gasteiger partial charge is 0.384 e. The van der Waals surface area contributed by atoms with E-state index in [1.54, 1.807) is 0 Å². The molecule has 2 aliphatic rings. The third-order valence-corrected chi connectivity index (χ3v) is 4.19. The van der Waals surface area contributed by atoms with Gasteiger partial charge in [-0.05, 0) is 43.5 Å². The normalized spacial score (nSPS) is 24.1. The van der Waals surface area contributed by atoms with E-state index in [1.165, 1.54) is 0 Å². The number of aliphatic hydroxyl groups excluding tert-OH is 1. The Labute approximate surface area is 124 Å². The number of aliphatic hydroxyl groups is 1. The molecule has 3 rings (SSSR count). The van der Waals surface area contributed by atoms with Crippen LogP contribution >= 0.6 is 0 Å². The number of carbonyl (C=O) groups excluding carboxylic acids is 1. The highest BCUT2D eigenvalue weighted by atomic mass is 16.5. The van der Waals surface area contributed by atoms with Crippen molar-refractivity contribution in [1.29, 1.82) is 0 Å². The summed E-state index contributed by atoms with van der Waals surface area (Å²) in [7, 11) is 0. The van der Waals surface area contributed by atoms with Gasteiger partial charge in [0.2, 0.25) is 0 Å². The number of amides is 1. The molecule has 1 aliphatic heterocycles. The van der Waals surface area contributed by atoms with Gasteiger partial charge in [-0.2, -0.15) is 0 Å². The molecule has 0 radical (unpaired) electrons. The van der Waals surface area contributed by atoms with Crippen LogP contribution in [-0.4, -0.2) is 47.8 Å². The van der Waals surface area contributed by atoms with Crippen molar-refractivity contribution in [2.24, 2.45) is 0 Å². The maximum atomic E-state index is 12.7. The molecular weight excluding hydrogens is 266 g/mol. The summed E-state index contributed by atoms with van der Waals surface area (Å²) in [6.45, 7) is 1.15. The van der Waals surface area contributed by atoms with E-state index in [1.807, 2.05) is 29.2 Å². The maximum Gasteiger partial charge on any atom is 0.254 e. The second kappa shape index (κ2) is 6.30. The Morgan fingerprint density at radius 1 is 1.33 bits per heavy atom. The van der Waals surface area contributed by atoms with Crippen molar-refractivity contribution in [1.82, 2.24) is 4.90 Å². The van der Waals surface area contributed by atoms with Gasteiger partial charge < -0.3 is 14.7 Å². The Bertz CT molecular complexity index is 570. The molecule has 1 saturated heterocycles. The minimum atomic E-state index is -0.155. The van der Waals surface area contributed by atoms with Gasteiger partial charge in [-0.1, -0.05) is 11.8 Å². The minimum absolute atomic E-state index is 0.0804. The quantitative estimate of drug-likeness (QED) is 0.794. The molecule has 1 saturated carbocycles. The molecule has 2 fully saturated rings. The van der Waals surface area contributed by atoms with Crippen LogP contribution in [0.1, 0.15) is 35.2 Å². The molecule has 1 aromatic rings. The summed E-state index contributed by atoms with van der Waals surface area (Å²) in [5, 5.41) is 8.68. The lowest BCUT2D eigenvalue weighted by atomic mass is 10.1. The first kappa shape index (κ1) is 14.1. The number of fused-ring (bicyclic) bond motifs is 1. The molecule has 0 aromatic heterocycles. The SMILES string of the molecule is O=C(c1ccc(C#CCO)cc1)N1CCOC2CCCC21. The zero-order chi connectivity index (χ0) is 14.7. The fraction of sp³-hybridized carbons (Fsp3) is 0.471. The van der Waals surface area contributed by atoms with Crippen molar-refractivity contribution in [3.8, 4) is 11.8 Å². The van der Waals surface area contributed by atoms with E-state index in [0.717, 1.165) is 24.8 Å². The number of rotatable bonds is 1. The number of ether oxygens (including phenoxy) is 1. The van der Waals surface area contributed by atoms with Gasteiger partial charge >= 0.3 is 0 Å². The van der Waals surface area contributed by atoms with Crippen molar-refractivity contribution in [3.63, 3.8) is 0 Å². The van der Waals surface area contributed by atoms with Crippen molar-refractivity contribution in [3.05, 3.63) is 35.4 Å². The topological polar surface area (TPSA) is 49.8 Å². The molecule has 110 valence electrons. The number of hydrogen-bond donors (Lipinski definition) is 1. The van der Waals surface area contributed by atoms with Gasteiger partial charge in [0, 0.05) is 17.7 Å². The molecule has 2 atom stereocenters. The van der Waals surface area contributed by atoms with Crippen LogP contribution in [0.5, 0.6) is 0 Å². The molecule has 1 aromatic carbocycles. The number of nitrogens with zero attached hydrogens (tertiary/aromatic N) is 1. The van der Waals surface area contributed by atoms with Crippen LogP contribution in [0.15, 0.2) is 24.3 Å². The highest BCUT2D eigenvalue weighted by Crippen LogP contribution is 2.30. The monoisotopic (exact) mass is 285 g/mol. The predicted octanol–water partition coefficient (Wildman–Crippen LogP) is 1.42. The fourth-order valence-electron chi connectivity index (χ4n) is 3.18. The zero-order valence-corrected chi connectivity index (χ0v) is 11.9. The Balaban J connectivity index is 1.75. The molecule has 1 heterocycles. The second-order valence-electron chi connectivity index (χ2n) is 5.44. The third-order valence-electron chi connectivity index (χ3n) is 4.19. The smallest absolute Gasteiger partial charge is 0.254 e. The lowest BCUT2D eigenvalue weighted by Gasteiger charge is -2.37. The fourth-order valence-corrected chi connectivity index (χ4v) is 3.18. The Morgan fingerprint density at radius 2 is 2.14 bits per heavy atom. The Hall–Kier alpha value is -1.83. The summed E-state index contributed by atoms with van der Waals surface area (Å²) in [6, 6.07) is 7.50. The standard InChI is InChI=1S/C17H19NO3/c19-11-2-3-13-6-8-14(9-7-13)17(20)18-10-12-21-16-5-1-4-15(16)18/h6-9,15-16,19H,1,4-5,10-12H2. The summed E-state index contributed by atoms with van der Waals surface area (Å²) >= 11 is 0. The summed E-state index contributed by atoms with van der Waals surface area (Å²) < 4.78 is 5.75. The van der Waals surface area contributed by atoms with Crippen LogP contribution in [0.4, 0.5) is 0 Å². The van der Waals surface area contributed by atoms with Crippen molar-refractivity contribution < 1.29 is 14.6 Å².